The van der Waals surface area contributed by atoms with Gasteiger partial charge in [-0.25, -0.2) is 9.97 Å². The van der Waals surface area contributed by atoms with Crippen LogP contribution in [0.5, 0.6) is 5.75 Å². The summed E-state index contributed by atoms with van der Waals surface area (Å²) in [5.74, 6) is 2.50. The van der Waals surface area contributed by atoms with Crippen molar-refractivity contribution in [2.75, 3.05) is 18.4 Å². The Hall–Kier alpha value is -2.59. The highest BCUT2D eigenvalue weighted by atomic mass is 79.9. The van der Waals surface area contributed by atoms with Crippen molar-refractivity contribution in [1.82, 2.24) is 24.2 Å². The molecule has 1 saturated heterocycles. The summed E-state index contributed by atoms with van der Waals surface area (Å²) >= 11 is 4.82. The molecule has 0 spiro atoms. The zero-order valence-electron chi connectivity index (χ0n) is 17.6. The molecule has 166 valence electrons. The highest BCUT2D eigenvalue weighted by Crippen LogP contribution is 2.38. The number of nitrogens with one attached hydrogen (secondary N) is 1. The molecule has 1 amide bonds. The standard InChI is InChI=1S/C22H23BrN6O2S/c1-13(30)29-9-6-14(7-10-29)20-26-22(32-28-20)27-21-19(11-15(23)12-25-21)31-18-5-4-17-16(18)3-2-8-24-17/h2-3,8,11-12,14,18H,4-7,9-10H2,1H3,(H,25,26,27,28). The smallest absolute Gasteiger partial charge is 0.219 e. The summed E-state index contributed by atoms with van der Waals surface area (Å²) in [6, 6.07) is 5.94. The molecule has 1 atom stereocenters. The molecule has 32 heavy (non-hydrogen) atoms. The molecule has 8 nitrogen and oxygen atoms in total. The molecule has 0 aromatic carbocycles. The Morgan fingerprint density at radius 2 is 2.12 bits per heavy atom. The van der Waals surface area contributed by atoms with Gasteiger partial charge < -0.3 is 15.0 Å². The molecule has 10 heteroatoms. The molecular weight excluding hydrogens is 492 g/mol. The van der Waals surface area contributed by atoms with E-state index in [0.29, 0.717) is 16.7 Å². The summed E-state index contributed by atoms with van der Waals surface area (Å²) in [6.45, 7) is 3.13. The van der Waals surface area contributed by atoms with E-state index in [9.17, 15) is 4.79 Å². The summed E-state index contributed by atoms with van der Waals surface area (Å²) in [6.07, 6.45) is 7.08. The van der Waals surface area contributed by atoms with Crippen LogP contribution in [0.3, 0.4) is 0 Å². The molecule has 3 aromatic rings. The lowest BCUT2D eigenvalue weighted by atomic mass is 9.96. The Kier molecular flexibility index (Phi) is 6.05. The Balaban J connectivity index is 1.30. The number of ether oxygens (including phenoxy) is 1. The van der Waals surface area contributed by atoms with Crippen LogP contribution in [-0.4, -0.2) is 43.2 Å². The van der Waals surface area contributed by atoms with Gasteiger partial charge in [0.2, 0.25) is 11.0 Å². The molecule has 0 radical (unpaired) electrons. The molecule has 0 saturated carbocycles. The number of aryl methyl sites for hydroxylation is 1. The van der Waals surface area contributed by atoms with E-state index in [1.165, 1.54) is 11.5 Å². The lowest BCUT2D eigenvalue weighted by molar-refractivity contribution is -0.129. The number of amides is 1. The number of anilines is 2. The minimum absolute atomic E-state index is 0.0493. The minimum atomic E-state index is -0.0493. The van der Waals surface area contributed by atoms with Crippen LogP contribution in [0.25, 0.3) is 0 Å². The predicted molar refractivity (Wildman–Crippen MR) is 125 cm³/mol. The van der Waals surface area contributed by atoms with Gasteiger partial charge in [-0.05, 0) is 53.7 Å². The van der Waals surface area contributed by atoms with Crippen LogP contribution >= 0.6 is 27.5 Å². The first-order valence-electron chi connectivity index (χ1n) is 10.7. The average molecular weight is 515 g/mol. The van der Waals surface area contributed by atoms with Gasteiger partial charge in [-0.2, -0.15) is 4.37 Å². The molecule has 1 aliphatic heterocycles. The largest absolute Gasteiger partial charge is 0.482 e. The molecule has 1 fully saturated rings. The third-order valence-corrected chi connectivity index (χ3v) is 7.06. The van der Waals surface area contributed by atoms with Crippen LogP contribution in [0, 0.1) is 0 Å². The number of hydrogen-bond acceptors (Lipinski definition) is 8. The van der Waals surface area contributed by atoms with Crippen molar-refractivity contribution in [3.63, 3.8) is 0 Å². The van der Waals surface area contributed by atoms with Gasteiger partial charge in [0, 0.05) is 65.6 Å². The quantitative estimate of drug-likeness (QED) is 0.530. The number of pyridine rings is 2. The lowest BCUT2D eigenvalue weighted by Gasteiger charge is -2.29. The lowest BCUT2D eigenvalue weighted by Crippen LogP contribution is -2.36. The second kappa shape index (κ2) is 9.11. The Bertz CT molecular complexity index is 1130. The summed E-state index contributed by atoms with van der Waals surface area (Å²) < 4.78 is 11.8. The van der Waals surface area contributed by atoms with Crippen LogP contribution in [0.4, 0.5) is 10.9 Å². The second-order valence-electron chi connectivity index (χ2n) is 8.05. The number of fused-ring (bicyclic) bond motifs is 1. The van der Waals surface area contributed by atoms with Crippen molar-refractivity contribution in [1.29, 1.82) is 0 Å². The van der Waals surface area contributed by atoms with Crippen molar-refractivity contribution in [3.05, 3.63) is 52.1 Å². The highest BCUT2D eigenvalue weighted by Gasteiger charge is 2.27. The van der Waals surface area contributed by atoms with E-state index < -0.39 is 0 Å². The van der Waals surface area contributed by atoms with E-state index >= 15 is 0 Å². The SMILES string of the molecule is CC(=O)N1CCC(c2nsc(Nc3ncc(Br)cc3OC3CCc4ncccc43)n2)CC1. The molecule has 4 heterocycles. The van der Waals surface area contributed by atoms with Crippen molar-refractivity contribution >= 4 is 44.3 Å². The first kappa shape index (κ1) is 21.3. The van der Waals surface area contributed by atoms with Crippen molar-refractivity contribution in [2.45, 2.75) is 44.6 Å². The van der Waals surface area contributed by atoms with E-state index in [2.05, 4.69) is 41.7 Å². The molecule has 0 bridgehead atoms. The van der Waals surface area contributed by atoms with Gasteiger partial charge in [-0.15, -0.1) is 0 Å². The van der Waals surface area contributed by atoms with Gasteiger partial charge in [0.15, 0.2) is 11.6 Å². The van der Waals surface area contributed by atoms with Gasteiger partial charge in [0.1, 0.15) is 11.9 Å². The van der Waals surface area contributed by atoms with Crippen LogP contribution in [-0.2, 0) is 11.2 Å². The van der Waals surface area contributed by atoms with E-state index in [1.807, 2.05) is 23.2 Å². The number of nitrogens with zero attached hydrogens (tertiary/aromatic N) is 5. The zero-order valence-corrected chi connectivity index (χ0v) is 20.0. The molecule has 3 aromatic heterocycles. The molecule has 1 aliphatic carbocycles. The third kappa shape index (κ3) is 4.47. The van der Waals surface area contributed by atoms with Crippen LogP contribution < -0.4 is 10.1 Å². The van der Waals surface area contributed by atoms with Crippen molar-refractivity contribution in [2.24, 2.45) is 0 Å². The summed E-state index contributed by atoms with van der Waals surface area (Å²) in [7, 11) is 0. The summed E-state index contributed by atoms with van der Waals surface area (Å²) in [4.78, 5) is 27.1. The summed E-state index contributed by atoms with van der Waals surface area (Å²) in [5.41, 5.74) is 2.23. The number of piperidine rings is 1. The predicted octanol–water partition coefficient (Wildman–Crippen LogP) is 4.63. The van der Waals surface area contributed by atoms with Crippen molar-refractivity contribution in [3.8, 4) is 5.75 Å². The second-order valence-corrected chi connectivity index (χ2v) is 9.72. The number of hydrogen-bond donors (Lipinski definition) is 1. The maximum Gasteiger partial charge on any atom is 0.219 e. The van der Waals surface area contributed by atoms with Crippen LogP contribution in [0.15, 0.2) is 35.1 Å². The number of aromatic nitrogens is 4. The molecule has 2 aliphatic rings. The number of carbonyl (C=O) groups is 1. The molecule has 1 N–H and O–H groups in total. The maximum absolute atomic E-state index is 11.6. The molecule has 1 unspecified atom stereocenters. The van der Waals surface area contributed by atoms with Gasteiger partial charge >= 0.3 is 0 Å². The van der Waals surface area contributed by atoms with E-state index in [4.69, 9.17) is 9.72 Å². The fourth-order valence-corrected chi connectivity index (χ4v) is 5.22. The topological polar surface area (TPSA) is 93.1 Å². The normalized spacial score (nSPS) is 18.4. The zero-order chi connectivity index (χ0) is 22.1. The number of rotatable bonds is 5. The van der Waals surface area contributed by atoms with Gasteiger partial charge in [-0.1, -0.05) is 6.07 Å². The fraction of sp³-hybridized carbons (Fsp3) is 0.409. The first-order chi connectivity index (χ1) is 15.6. The first-order valence-corrected chi connectivity index (χ1v) is 12.3. The van der Waals surface area contributed by atoms with E-state index in [1.54, 1.807) is 13.1 Å². The fourth-order valence-electron chi connectivity index (χ4n) is 4.26. The maximum atomic E-state index is 11.6. The van der Waals surface area contributed by atoms with Crippen LogP contribution in [0.1, 0.15) is 55.3 Å². The highest BCUT2D eigenvalue weighted by molar-refractivity contribution is 9.10. The van der Waals surface area contributed by atoms with Gasteiger partial charge in [0.25, 0.3) is 0 Å². The third-order valence-electron chi connectivity index (χ3n) is 5.98. The van der Waals surface area contributed by atoms with Crippen LogP contribution in [0.2, 0.25) is 0 Å². The number of likely N-dealkylation sites (tertiary alicyclic amines) is 1. The van der Waals surface area contributed by atoms with Gasteiger partial charge in [-0.3, -0.25) is 9.78 Å². The number of halogens is 1. The Morgan fingerprint density at radius 3 is 2.94 bits per heavy atom. The van der Waals surface area contributed by atoms with E-state index in [-0.39, 0.29) is 17.9 Å². The minimum Gasteiger partial charge on any atom is -0.482 e. The summed E-state index contributed by atoms with van der Waals surface area (Å²) in [5, 5.41) is 3.97. The van der Waals surface area contributed by atoms with Crippen molar-refractivity contribution < 1.29 is 9.53 Å². The Morgan fingerprint density at radius 1 is 1.28 bits per heavy atom. The average Bonchev–Trinajstić information content (AvgIpc) is 3.43. The number of carbonyl (C=O) groups excluding carboxylic acids is 1. The molecular formula is C22H23BrN6O2S. The van der Waals surface area contributed by atoms with Gasteiger partial charge in [0.05, 0.1) is 0 Å². The monoisotopic (exact) mass is 514 g/mol. The van der Waals surface area contributed by atoms with E-state index in [0.717, 1.165) is 60.3 Å². The Labute approximate surface area is 198 Å². The molecule has 5 rings (SSSR count).